The number of thiol groups is 1. The summed E-state index contributed by atoms with van der Waals surface area (Å²) in [7, 11) is -2.85. The third-order valence-electron chi connectivity index (χ3n) is 3.72. The van der Waals surface area contributed by atoms with Crippen LogP contribution in [-0.2, 0) is 20.4 Å². The molecule has 0 bridgehead atoms. The molecule has 0 spiro atoms. The van der Waals surface area contributed by atoms with Gasteiger partial charge in [-0.05, 0) is 43.0 Å². The molecule has 1 aromatic carbocycles. The van der Waals surface area contributed by atoms with Crippen LogP contribution >= 0.6 is 27.5 Å². The number of carbonyl (C=O) groups is 1. The van der Waals surface area contributed by atoms with Crippen molar-refractivity contribution in [2.75, 3.05) is 10.9 Å². The fourth-order valence-corrected chi connectivity index (χ4v) is 4.39. The lowest BCUT2D eigenvalue weighted by Crippen LogP contribution is -2.37. The number of rotatable bonds is 7. The second-order valence-corrected chi connectivity index (χ2v) is 7.35. The van der Waals surface area contributed by atoms with Gasteiger partial charge in [0.25, 0.3) is 6.47 Å². The van der Waals surface area contributed by atoms with Gasteiger partial charge in [-0.15, -0.1) is 0 Å². The van der Waals surface area contributed by atoms with Crippen molar-refractivity contribution in [1.29, 1.82) is 0 Å². The minimum Gasteiger partial charge on any atom is -0.468 e. The molecule has 1 unspecified atom stereocenters. The highest BCUT2D eigenvalue weighted by Gasteiger charge is 2.28. The highest BCUT2D eigenvalue weighted by atomic mass is 79.9. The van der Waals surface area contributed by atoms with Gasteiger partial charge in [0, 0.05) is 10.9 Å². The monoisotopic (exact) mass is 421 g/mol. The molecule has 5 nitrogen and oxygen atoms in total. The van der Waals surface area contributed by atoms with Gasteiger partial charge < -0.3 is 4.74 Å². The van der Waals surface area contributed by atoms with E-state index in [9.17, 15) is 13.2 Å². The number of ether oxygens (including phenoxy) is 1. The molecular weight excluding hydrogens is 406 g/mol. The largest absolute Gasteiger partial charge is 0.468 e. The number of hydrogen-bond acceptors (Lipinski definition) is 4. The number of benzene rings is 1. The van der Waals surface area contributed by atoms with E-state index >= 15 is 0 Å². The van der Waals surface area contributed by atoms with Crippen molar-refractivity contribution in [2.45, 2.75) is 31.7 Å². The van der Waals surface area contributed by atoms with Crippen molar-refractivity contribution in [1.82, 2.24) is 0 Å². The third-order valence-corrected chi connectivity index (χ3v) is 5.36. The van der Waals surface area contributed by atoms with Crippen LogP contribution in [0.1, 0.15) is 25.7 Å². The molecule has 1 aromatic rings. The molecule has 1 aliphatic rings. The highest BCUT2D eigenvalue weighted by molar-refractivity contribution is 9.10. The lowest BCUT2D eigenvalue weighted by molar-refractivity contribution is -0.128. The summed E-state index contributed by atoms with van der Waals surface area (Å²) in [5.41, 5.74) is 1.41. The van der Waals surface area contributed by atoms with E-state index in [1.807, 2.05) is 6.08 Å². The second kappa shape index (κ2) is 8.70. The van der Waals surface area contributed by atoms with E-state index in [1.165, 1.54) is 4.31 Å². The normalized spacial score (nSPS) is 17.7. The van der Waals surface area contributed by atoms with Gasteiger partial charge in [-0.25, -0.2) is 8.42 Å². The van der Waals surface area contributed by atoms with Crippen LogP contribution in [0.15, 0.2) is 34.3 Å². The fraction of sp³-hybridized carbons (Fsp3) is 0.400. The number of anilines is 1. The van der Waals surface area contributed by atoms with Crippen molar-refractivity contribution < 1.29 is 17.9 Å². The van der Waals surface area contributed by atoms with E-state index in [2.05, 4.69) is 15.9 Å². The maximum atomic E-state index is 11.9. The lowest BCUT2D eigenvalue weighted by atomic mass is 9.92. The Labute approximate surface area is 150 Å². The smallest absolute Gasteiger partial charge is 0.293 e. The summed E-state index contributed by atoms with van der Waals surface area (Å²) in [5, 5.41) is 0.368. The zero-order valence-electron chi connectivity index (χ0n) is 12.3. The van der Waals surface area contributed by atoms with Gasteiger partial charge >= 0.3 is 0 Å². The first-order valence-electron chi connectivity index (χ1n) is 7.17. The number of nitrogens with zero attached hydrogens (tertiary/aromatic N) is 1. The SMILES string of the molecule is O=COCCC1=CCCCC1N(c1ccc(Br)cc1Cl)[SH](=O)=O. The molecule has 0 amide bonds. The first-order chi connectivity index (χ1) is 11.0. The topological polar surface area (TPSA) is 63.7 Å². The number of carbonyl (C=O) groups excluding carboxylic acids is 1. The average Bonchev–Trinajstić information content (AvgIpc) is 2.51. The van der Waals surface area contributed by atoms with Crippen molar-refractivity contribution in [2.24, 2.45) is 0 Å². The Bertz CT molecular complexity index is 669. The van der Waals surface area contributed by atoms with Crippen LogP contribution in [0.3, 0.4) is 0 Å². The minimum absolute atomic E-state index is 0.239. The quantitative estimate of drug-likeness (QED) is 0.316. The molecule has 23 heavy (non-hydrogen) atoms. The number of halogens is 2. The van der Waals surface area contributed by atoms with E-state index < -0.39 is 10.9 Å². The van der Waals surface area contributed by atoms with E-state index in [4.69, 9.17) is 16.3 Å². The lowest BCUT2D eigenvalue weighted by Gasteiger charge is -2.33. The summed E-state index contributed by atoms with van der Waals surface area (Å²) in [6.07, 6.45) is 5.04. The Balaban J connectivity index is 2.33. The molecule has 126 valence electrons. The summed E-state index contributed by atoms with van der Waals surface area (Å²) in [6, 6.07) is 4.82. The van der Waals surface area contributed by atoms with Crippen molar-refractivity contribution >= 4 is 50.6 Å². The molecule has 0 fully saturated rings. The van der Waals surface area contributed by atoms with E-state index in [-0.39, 0.29) is 12.6 Å². The minimum atomic E-state index is -2.85. The molecule has 0 radical (unpaired) electrons. The van der Waals surface area contributed by atoms with E-state index in [0.29, 0.717) is 30.0 Å². The molecule has 1 aliphatic carbocycles. The van der Waals surface area contributed by atoms with Crippen LogP contribution in [0.5, 0.6) is 0 Å². The maximum absolute atomic E-state index is 11.9. The Hall–Kier alpha value is -1.05. The van der Waals surface area contributed by atoms with E-state index in [0.717, 1.165) is 22.9 Å². The molecule has 2 rings (SSSR count). The molecule has 1 atom stereocenters. The second-order valence-electron chi connectivity index (χ2n) is 5.12. The maximum Gasteiger partial charge on any atom is 0.293 e. The summed E-state index contributed by atoms with van der Waals surface area (Å²) in [5.74, 6) is 0. The van der Waals surface area contributed by atoms with Crippen LogP contribution in [-0.4, -0.2) is 27.5 Å². The molecule has 0 saturated carbocycles. The Morgan fingerprint density at radius 2 is 2.22 bits per heavy atom. The molecule has 0 aliphatic heterocycles. The molecular formula is C15H17BrClNO4S. The Morgan fingerprint density at radius 1 is 1.43 bits per heavy atom. The van der Waals surface area contributed by atoms with Crippen LogP contribution in [0, 0.1) is 0 Å². The van der Waals surface area contributed by atoms with Gasteiger partial charge in [-0.2, -0.15) is 0 Å². The fourth-order valence-electron chi connectivity index (χ4n) is 2.73. The number of hydrogen-bond donors (Lipinski definition) is 1. The van der Waals surface area contributed by atoms with Gasteiger partial charge in [0.05, 0.1) is 23.4 Å². The highest BCUT2D eigenvalue weighted by Crippen LogP contribution is 2.35. The van der Waals surface area contributed by atoms with E-state index in [1.54, 1.807) is 18.2 Å². The molecule has 0 aromatic heterocycles. The summed E-state index contributed by atoms with van der Waals surface area (Å²) >= 11 is 9.55. The predicted octanol–water partition coefficient (Wildman–Crippen LogP) is 3.48. The van der Waals surface area contributed by atoms with Crippen molar-refractivity contribution in [3.63, 3.8) is 0 Å². The first-order valence-corrected chi connectivity index (χ1v) is 9.47. The Morgan fingerprint density at radius 3 is 2.87 bits per heavy atom. The zero-order chi connectivity index (χ0) is 16.8. The summed E-state index contributed by atoms with van der Waals surface area (Å²) in [6.45, 7) is 0.638. The third kappa shape index (κ3) is 4.71. The molecule has 0 N–H and O–H groups in total. The zero-order valence-corrected chi connectivity index (χ0v) is 15.5. The van der Waals surface area contributed by atoms with Crippen LogP contribution in [0.4, 0.5) is 5.69 Å². The summed E-state index contributed by atoms with van der Waals surface area (Å²) in [4.78, 5) is 10.3. The first kappa shape index (κ1) is 18.3. The molecule has 8 heteroatoms. The summed E-state index contributed by atoms with van der Waals surface area (Å²) < 4.78 is 30.7. The number of allylic oxidation sites excluding steroid dienone is 1. The van der Waals surface area contributed by atoms with Crippen molar-refractivity contribution in [3.8, 4) is 0 Å². The van der Waals surface area contributed by atoms with Gasteiger partial charge in [0.1, 0.15) is 0 Å². The standard InChI is InChI=1S/C15H17BrClNO4S/c16-12-5-6-15(13(17)9-12)18(23(20)21)14-4-2-1-3-11(14)7-8-22-10-19/h3,5-6,9-10,14,23H,1-2,4,7-8H2. The molecule has 0 heterocycles. The van der Waals surface area contributed by atoms with Gasteiger partial charge in [-0.3, -0.25) is 9.10 Å². The average molecular weight is 423 g/mol. The van der Waals surface area contributed by atoms with Crippen LogP contribution < -0.4 is 4.31 Å². The van der Waals surface area contributed by atoms with Gasteiger partial charge in [-0.1, -0.05) is 33.6 Å². The molecule has 0 saturated heterocycles. The van der Waals surface area contributed by atoms with Gasteiger partial charge in [0.15, 0.2) is 0 Å². The van der Waals surface area contributed by atoms with Crippen LogP contribution in [0.2, 0.25) is 5.02 Å². The Kier molecular flexibility index (Phi) is 6.92. The van der Waals surface area contributed by atoms with Crippen LogP contribution in [0.25, 0.3) is 0 Å². The van der Waals surface area contributed by atoms with Gasteiger partial charge in [0.2, 0.25) is 10.9 Å². The van der Waals surface area contributed by atoms with Crippen molar-refractivity contribution in [3.05, 3.63) is 39.3 Å². The predicted molar refractivity (Wildman–Crippen MR) is 94.3 cm³/mol.